The maximum Gasteiger partial charge on any atom is -0.00109 e. The van der Waals surface area contributed by atoms with Crippen LogP contribution >= 0.6 is 0 Å². The van der Waals surface area contributed by atoms with E-state index in [2.05, 4.69) is 63.9 Å². The minimum Gasteiger partial charge on any atom is -0.0991 e. The highest BCUT2D eigenvalue weighted by Gasteiger charge is 2.21. The van der Waals surface area contributed by atoms with E-state index < -0.39 is 0 Å². The lowest BCUT2D eigenvalue weighted by molar-refractivity contribution is 1.25. The van der Waals surface area contributed by atoms with E-state index >= 15 is 0 Å². The van der Waals surface area contributed by atoms with Crippen molar-refractivity contribution >= 4 is 5.57 Å². The minimum absolute atomic E-state index is 0.907. The van der Waals surface area contributed by atoms with Crippen molar-refractivity contribution in [1.82, 2.24) is 0 Å². The van der Waals surface area contributed by atoms with Crippen LogP contribution in [0.5, 0.6) is 0 Å². The molecule has 1 aromatic carbocycles. The Morgan fingerprint density at radius 2 is 1.76 bits per heavy atom. The standard InChI is InChI=1S/C21H22/c1-6-8-9-19-14-21(17(5)16(19)4)20(7-2)18-12-10-15(3)11-13-18/h6-13H,1-2,5,14H2,3-4H3/b9-8-,21-20+. The molecule has 0 aliphatic heterocycles. The van der Waals surface area contributed by atoms with E-state index in [9.17, 15) is 0 Å². The predicted molar refractivity (Wildman–Crippen MR) is 94.1 cm³/mol. The number of hydrogen-bond acceptors (Lipinski definition) is 0. The topological polar surface area (TPSA) is 0 Å². The van der Waals surface area contributed by atoms with Gasteiger partial charge in [-0.15, -0.1) is 0 Å². The average Bonchev–Trinajstić information content (AvgIpc) is 2.76. The fourth-order valence-electron chi connectivity index (χ4n) is 2.62. The van der Waals surface area contributed by atoms with E-state index in [0.717, 1.165) is 12.0 Å². The third kappa shape index (κ3) is 3.05. The molecule has 0 spiro atoms. The number of allylic oxidation sites excluding steroid dienone is 9. The molecule has 0 radical (unpaired) electrons. The summed E-state index contributed by atoms with van der Waals surface area (Å²) in [4.78, 5) is 0. The van der Waals surface area contributed by atoms with E-state index in [1.54, 1.807) is 6.08 Å². The lowest BCUT2D eigenvalue weighted by Crippen LogP contribution is -1.90. The highest BCUT2D eigenvalue weighted by molar-refractivity contribution is 5.83. The zero-order valence-electron chi connectivity index (χ0n) is 12.9. The average molecular weight is 274 g/mol. The molecule has 0 fully saturated rings. The Morgan fingerprint density at radius 3 is 2.33 bits per heavy atom. The van der Waals surface area contributed by atoms with Crippen LogP contribution in [0, 0.1) is 6.92 Å². The van der Waals surface area contributed by atoms with Crippen molar-refractivity contribution < 1.29 is 0 Å². The number of benzene rings is 1. The van der Waals surface area contributed by atoms with Gasteiger partial charge in [0.25, 0.3) is 0 Å². The molecule has 1 aromatic rings. The Morgan fingerprint density at radius 1 is 1.10 bits per heavy atom. The number of aryl methyl sites for hydroxylation is 1. The molecule has 1 aliphatic carbocycles. The zero-order valence-corrected chi connectivity index (χ0v) is 12.9. The van der Waals surface area contributed by atoms with Gasteiger partial charge in [-0.25, -0.2) is 0 Å². The second-order valence-electron chi connectivity index (χ2n) is 5.36. The van der Waals surface area contributed by atoms with Crippen molar-refractivity contribution in [3.8, 4) is 0 Å². The molecule has 0 saturated heterocycles. The van der Waals surface area contributed by atoms with Crippen molar-refractivity contribution in [3.63, 3.8) is 0 Å². The molecule has 21 heavy (non-hydrogen) atoms. The maximum absolute atomic E-state index is 4.26. The molecule has 0 nitrogen and oxygen atoms in total. The molecule has 106 valence electrons. The summed E-state index contributed by atoms with van der Waals surface area (Å²) < 4.78 is 0. The van der Waals surface area contributed by atoms with Gasteiger partial charge in [0.1, 0.15) is 0 Å². The van der Waals surface area contributed by atoms with E-state index in [-0.39, 0.29) is 0 Å². The molecule has 0 unspecified atom stereocenters. The minimum atomic E-state index is 0.907. The first-order chi connectivity index (χ1) is 10.1. The molecule has 2 rings (SSSR count). The first-order valence-corrected chi connectivity index (χ1v) is 7.19. The second-order valence-corrected chi connectivity index (χ2v) is 5.36. The summed E-state index contributed by atoms with van der Waals surface area (Å²) in [5.41, 5.74) is 8.61. The van der Waals surface area contributed by atoms with Gasteiger partial charge in [0.15, 0.2) is 0 Å². The third-order valence-corrected chi connectivity index (χ3v) is 3.99. The van der Waals surface area contributed by atoms with Crippen LogP contribution in [0.4, 0.5) is 0 Å². The van der Waals surface area contributed by atoms with Crippen molar-refractivity contribution in [2.45, 2.75) is 20.3 Å². The first kappa shape index (κ1) is 15.1. The molecule has 0 bridgehead atoms. The van der Waals surface area contributed by atoms with Gasteiger partial charge in [0.2, 0.25) is 0 Å². The lowest BCUT2D eigenvalue weighted by Gasteiger charge is -2.10. The molecule has 0 heterocycles. The summed E-state index contributed by atoms with van der Waals surface area (Å²) in [5, 5.41) is 0. The number of rotatable bonds is 4. The largest absolute Gasteiger partial charge is 0.0991 e. The molecule has 0 heteroatoms. The van der Waals surface area contributed by atoms with Gasteiger partial charge in [-0.1, -0.05) is 73.9 Å². The van der Waals surface area contributed by atoms with Crippen LogP contribution in [-0.4, -0.2) is 0 Å². The second kappa shape index (κ2) is 6.41. The molecule has 0 amide bonds. The molecule has 0 saturated carbocycles. The predicted octanol–water partition coefficient (Wildman–Crippen LogP) is 5.95. The quantitative estimate of drug-likeness (QED) is 0.595. The van der Waals surface area contributed by atoms with Crippen molar-refractivity contribution in [3.05, 3.63) is 102 Å². The monoisotopic (exact) mass is 274 g/mol. The lowest BCUT2D eigenvalue weighted by atomic mass is 9.94. The number of hydrogen-bond donors (Lipinski definition) is 0. The molecule has 1 aliphatic rings. The Kier molecular flexibility index (Phi) is 4.59. The van der Waals surface area contributed by atoms with Crippen LogP contribution in [0.1, 0.15) is 24.5 Å². The van der Waals surface area contributed by atoms with Crippen LogP contribution in [0.15, 0.2) is 90.6 Å². The summed E-state index contributed by atoms with van der Waals surface area (Å²) in [6.07, 6.45) is 8.76. The van der Waals surface area contributed by atoms with Gasteiger partial charge in [0, 0.05) is 0 Å². The molecule has 0 atom stereocenters. The van der Waals surface area contributed by atoms with Gasteiger partial charge in [-0.3, -0.25) is 0 Å². The maximum atomic E-state index is 4.26. The fourth-order valence-corrected chi connectivity index (χ4v) is 2.62. The highest BCUT2D eigenvalue weighted by Crippen LogP contribution is 2.40. The van der Waals surface area contributed by atoms with Crippen molar-refractivity contribution in [2.24, 2.45) is 0 Å². The van der Waals surface area contributed by atoms with E-state index in [4.69, 9.17) is 0 Å². The molecule has 0 aromatic heterocycles. The molecular weight excluding hydrogens is 252 g/mol. The van der Waals surface area contributed by atoms with Crippen LogP contribution < -0.4 is 0 Å². The highest BCUT2D eigenvalue weighted by atomic mass is 14.2. The summed E-state index contributed by atoms with van der Waals surface area (Å²) >= 11 is 0. The van der Waals surface area contributed by atoms with Crippen molar-refractivity contribution in [2.75, 3.05) is 0 Å². The van der Waals surface area contributed by atoms with E-state index in [0.29, 0.717) is 0 Å². The van der Waals surface area contributed by atoms with Gasteiger partial charge in [-0.05, 0) is 53.7 Å². The van der Waals surface area contributed by atoms with Crippen LogP contribution in [-0.2, 0) is 0 Å². The first-order valence-electron chi connectivity index (χ1n) is 7.19. The van der Waals surface area contributed by atoms with Crippen molar-refractivity contribution in [1.29, 1.82) is 0 Å². The molecule has 0 N–H and O–H groups in total. The van der Waals surface area contributed by atoms with Crippen LogP contribution in [0.25, 0.3) is 5.57 Å². The smallest absolute Gasteiger partial charge is 0.00109 e. The van der Waals surface area contributed by atoms with Gasteiger partial charge < -0.3 is 0 Å². The summed E-state index contributed by atoms with van der Waals surface area (Å²) in [5.74, 6) is 0. The summed E-state index contributed by atoms with van der Waals surface area (Å²) in [7, 11) is 0. The zero-order chi connectivity index (χ0) is 15.4. The Balaban J connectivity index is 2.46. The van der Waals surface area contributed by atoms with E-state index in [1.165, 1.54) is 33.4 Å². The normalized spacial score (nSPS) is 17.5. The van der Waals surface area contributed by atoms with Crippen LogP contribution in [0.2, 0.25) is 0 Å². The SMILES string of the molecule is C=C/C=C\C1=C(C)C(=C)/C(=C(\C=C)c2ccc(C)cc2)C1. The fraction of sp³-hybridized carbons (Fsp3) is 0.143. The van der Waals surface area contributed by atoms with Gasteiger partial charge in [-0.2, -0.15) is 0 Å². The Labute approximate surface area is 128 Å². The summed E-state index contributed by atoms with van der Waals surface area (Å²) in [6, 6.07) is 8.57. The van der Waals surface area contributed by atoms with Gasteiger partial charge in [0.05, 0.1) is 0 Å². The molecular formula is C21H22. The third-order valence-electron chi connectivity index (χ3n) is 3.99. The summed E-state index contributed by atoms with van der Waals surface area (Å²) in [6.45, 7) is 16.2. The Hall–Kier alpha value is -2.34. The Bertz CT molecular complexity index is 673. The van der Waals surface area contributed by atoms with Gasteiger partial charge >= 0.3 is 0 Å². The van der Waals surface area contributed by atoms with E-state index in [1.807, 2.05) is 12.2 Å². The van der Waals surface area contributed by atoms with Crippen LogP contribution in [0.3, 0.4) is 0 Å².